The zero-order chi connectivity index (χ0) is 13.2. The third kappa shape index (κ3) is 3.85. The molecule has 0 aromatic carbocycles. The van der Waals surface area contributed by atoms with Crippen LogP contribution in [-0.4, -0.2) is 22.7 Å². The fourth-order valence-corrected chi connectivity index (χ4v) is 1.71. The highest BCUT2D eigenvalue weighted by Crippen LogP contribution is 2.39. The smallest absolute Gasteiger partial charge is 0.370 e. The van der Waals surface area contributed by atoms with E-state index in [9.17, 15) is 13.2 Å². The first-order valence-electron chi connectivity index (χ1n) is 6.16. The van der Waals surface area contributed by atoms with Gasteiger partial charge in [-0.3, -0.25) is 0 Å². The molecule has 0 unspecified atom stereocenters. The lowest BCUT2D eigenvalue weighted by molar-refractivity contribution is -0.128. The molecule has 0 atom stereocenters. The largest absolute Gasteiger partial charge is 0.396 e. The van der Waals surface area contributed by atoms with Gasteiger partial charge in [-0.1, -0.05) is 6.92 Å². The Hall–Kier alpha value is -1.33. The van der Waals surface area contributed by atoms with E-state index in [0.29, 0.717) is 18.3 Å². The molecule has 6 heteroatoms. The maximum absolute atomic E-state index is 12.4. The molecule has 0 aliphatic heterocycles. The lowest BCUT2D eigenvalue weighted by Crippen LogP contribution is -2.16. The zero-order valence-corrected chi connectivity index (χ0v) is 10.2. The molecule has 1 N–H and O–H groups in total. The molecule has 1 aliphatic rings. The average Bonchev–Trinajstić information content (AvgIpc) is 3.07. The Balaban J connectivity index is 2.19. The van der Waals surface area contributed by atoms with Gasteiger partial charge in [0.25, 0.3) is 0 Å². The summed E-state index contributed by atoms with van der Waals surface area (Å²) >= 11 is 0. The van der Waals surface area contributed by atoms with Gasteiger partial charge >= 0.3 is 6.18 Å². The number of hydrogen-bond donors (Lipinski definition) is 1. The number of alkyl halides is 3. The number of nitrogens with zero attached hydrogens (tertiary/aromatic N) is 2. The first kappa shape index (κ1) is 13.1. The molecule has 1 fully saturated rings. The molecule has 18 heavy (non-hydrogen) atoms. The van der Waals surface area contributed by atoms with Crippen LogP contribution in [0.1, 0.15) is 43.6 Å². The summed E-state index contributed by atoms with van der Waals surface area (Å²) in [6.45, 7) is 2.69. The van der Waals surface area contributed by atoms with E-state index in [-0.39, 0.29) is 5.82 Å². The fourth-order valence-electron chi connectivity index (χ4n) is 1.71. The Bertz CT molecular complexity index is 414. The van der Waals surface area contributed by atoms with E-state index < -0.39 is 12.6 Å². The van der Waals surface area contributed by atoms with Gasteiger partial charge in [0, 0.05) is 24.2 Å². The topological polar surface area (TPSA) is 37.8 Å². The Morgan fingerprint density at radius 1 is 1.33 bits per heavy atom. The normalized spacial score (nSPS) is 15.8. The van der Waals surface area contributed by atoms with Gasteiger partial charge in [-0.25, -0.2) is 9.97 Å². The summed E-state index contributed by atoms with van der Waals surface area (Å²) in [6.07, 6.45) is -2.40. The number of halogens is 3. The summed E-state index contributed by atoms with van der Waals surface area (Å²) in [7, 11) is 0. The van der Waals surface area contributed by atoms with Crippen LogP contribution in [0.3, 0.4) is 0 Å². The molecule has 1 aromatic rings. The van der Waals surface area contributed by atoms with Crippen molar-refractivity contribution in [3.8, 4) is 0 Å². The number of nitrogens with one attached hydrogen (secondary N) is 1. The van der Waals surface area contributed by atoms with Crippen LogP contribution < -0.4 is 5.32 Å². The minimum atomic E-state index is -4.26. The van der Waals surface area contributed by atoms with E-state index in [0.717, 1.165) is 25.0 Å². The molecule has 0 spiro atoms. The van der Waals surface area contributed by atoms with Crippen molar-refractivity contribution < 1.29 is 13.2 Å². The molecule has 1 aromatic heterocycles. The molecule has 3 nitrogen and oxygen atoms in total. The van der Waals surface area contributed by atoms with E-state index in [4.69, 9.17) is 0 Å². The molecule has 0 radical (unpaired) electrons. The summed E-state index contributed by atoms with van der Waals surface area (Å²) in [5.41, 5.74) is 0.739. The Morgan fingerprint density at radius 2 is 2.06 bits per heavy atom. The number of hydrogen-bond acceptors (Lipinski definition) is 3. The maximum atomic E-state index is 12.4. The minimum absolute atomic E-state index is 0.134. The van der Waals surface area contributed by atoms with Crippen LogP contribution in [0.4, 0.5) is 19.0 Å². The lowest BCUT2D eigenvalue weighted by Gasteiger charge is -2.10. The molecule has 0 bridgehead atoms. The van der Waals surface area contributed by atoms with Gasteiger partial charge in [-0.15, -0.1) is 0 Å². The van der Waals surface area contributed by atoms with Crippen LogP contribution in [0.15, 0.2) is 6.07 Å². The first-order chi connectivity index (χ1) is 8.48. The van der Waals surface area contributed by atoms with Crippen molar-refractivity contribution in [1.29, 1.82) is 0 Å². The van der Waals surface area contributed by atoms with E-state index in [1.165, 1.54) is 0 Å². The summed E-state index contributed by atoms with van der Waals surface area (Å²) in [4.78, 5) is 7.94. The van der Waals surface area contributed by atoms with Crippen molar-refractivity contribution in [3.63, 3.8) is 0 Å². The first-order valence-corrected chi connectivity index (χ1v) is 6.16. The molecular formula is C12H16F3N3. The van der Waals surface area contributed by atoms with Crippen molar-refractivity contribution in [1.82, 2.24) is 9.97 Å². The van der Waals surface area contributed by atoms with E-state index in [1.807, 2.05) is 6.92 Å². The predicted octanol–water partition coefficient (Wildman–Crippen LogP) is 3.28. The summed E-state index contributed by atoms with van der Waals surface area (Å²) in [6, 6.07) is 1.77. The Morgan fingerprint density at radius 3 is 2.61 bits per heavy atom. The second-order valence-corrected chi connectivity index (χ2v) is 4.59. The maximum Gasteiger partial charge on any atom is 0.396 e. The van der Waals surface area contributed by atoms with Gasteiger partial charge in [0.1, 0.15) is 18.1 Å². The van der Waals surface area contributed by atoms with Gasteiger partial charge < -0.3 is 5.32 Å². The third-order valence-corrected chi connectivity index (χ3v) is 2.70. The standard InChI is InChI=1S/C12H16F3N3/c1-2-5-16-10-6-9(8-3-4-8)17-11(18-10)7-12(13,14)15/h6,8H,2-5,7H2,1H3,(H,16,17,18). The summed E-state index contributed by atoms with van der Waals surface area (Å²) < 4.78 is 37.1. The molecule has 0 saturated heterocycles. The molecule has 2 rings (SSSR count). The van der Waals surface area contributed by atoms with Crippen LogP contribution >= 0.6 is 0 Å². The van der Waals surface area contributed by atoms with Crippen molar-refractivity contribution in [2.75, 3.05) is 11.9 Å². The van der Waals surface area contributed by atoms with Crippen LogP contribution in [0.5, 0.6) is 0 Å². The molecule has 0 amide bonds. The SMILES string of the molecule is CCCNc1cc(C2CC2)nc(CC(F)(F)F)n1. The van der Waals surface area contributed by atoms with Crippen molar-refractivity contribution in [2.45, 2.75) is 44.7 Å². The van der Waals surface area contributed by atoms with Crippen LogP contribution in [0, 0.1) is 0 Å². The molecule has 100 valence electrons. The van der Waals surface area contributed by atoms with Gasteiger partial charge in [0.2, 0.25) is 0 Å². The highest BCUT2D eigenvalue weighted by atomic mass is 19.4. The van der Waals surface area contributed by atoms with Crippen LogP contribution in [0.25, 0.3) is 0 Å². The molecule has 1 heterocycles. The van der Waals surface area contributed by atoms with Crippen LogP contribution in [0.2, 0.25) is 0 Å². The van der Waals surface area contributed by atoms with Crippen molar-refractivity contribution in [2.24, 2.45) is 0 Å². The summed E-state index contributed by atoms with van der Waals surface area (Å²) in [5, 5.41) is 3.03. The van der Waals surface area contributed by atoms with Crippen molar-refractivity contribution in [3.05, 3.63) is 17.6 Å². The number of rotatable bonds is 5. The second-order valence-electron chi connectivity index (χ2n) is 4.59. The van der Waals surface area contributed by atoms with Crippen molar-refractivity contribution >= 4 is 5.82 Å². The Kier molecular flexibility index (Phi) is 3.73. The van der Waals surface area contributed by atoms with Gasteiger partial charge in [-0.05, 0) is 19.3 Å². The quantitative estimate of drug-likeness (QED) is 0.881. The lowest BCUT2D eigenvalue weighted by atomic mass is 10.2. The monoisotopic (exact) mass is 259 g/mol. The van der Waals surface area contributed by atoms with E-state index in [2.05, 4.69) is 15.3 Å². The van der Waals surface area contributed by atoms with Gasteiger partial charge in [0.15, 0.2) is 0 Å². The highest BCUT2D eigenvalue weighted by Gasteiger charge is 2.31. The number of aromatic nitrogens is 2. The average molecular weight is 259 g/mol. The molecule has 1 saturated carbocycles. The molecule has 1 aliphatic carbocycles. The zero-order valence-electron chi connectivity index (χ0n) is 10.2. The fraction of sp³-hybridized carbons (Fsp3) is 0.667. The Labute approximate surface area is 104 Å². The van der Waals surface area contributed by atoms with Crippen LogP contribution in [-0.2, 0) is 6.42 Å². The third-order valence-electron chi connectivity index (χ3n) is 2.70. The molecular weight excluding hydrogens is 243 g/mol. The van der Waals surface area contributed by atoms with Gasteiger partial charge in [-0.2, -0.15) is 13.2 Å². The highest BCUT2D eigenvalue weighted by molar-refractivity contribution is 5.38. The minimum Gasteiger partial charge on any atom is -0.370 e. The van der Waals surface area contributed by atoms with E-state index >= 15 is 0 Å². The van der Waals surface area contributed by atoms with E-state index in [1.54, 1.807) is 6.07 Å². The van der Waals surface area contributed by atoms with Gasteiger partial charge in [0.05, 0.1) is 0 Å². The summed E-state index contributed by atoms with van der Waals surface area (Å²) in [5.74, 6) is 0.695. The predicted molar refractivity (Wildman–Crippen MR) is 62.5 cm³/mol. The number of anilines is 1. The second kappa shape index (κ2) is 5.12.